The molecule has 0 radical (unpaired) electrons. The number of aromatic nitrogens is 1. The number of carbonyl (C=O) groups excluding carboxylic acids is 1. The molecule has 0 spiro atoms. The summed E-state index contributed by atoms with van der Waals surface area (Å²) >= 11 is 1.37. The predicted molar refractivity (Wildman–Crippen MR) is 120 cm³/mol. The summed E-state index contributed by atoms with van der Waals surface area (Å²) in [6.45, 7) is 6.23. The Hall–Kier alpha value is -3.45. The van der Waals surface area contributed by atoms with Crippen molar-refractivity contribution in [2.45, 2.75) is 26.8 Å². The standard InChI is InChI=1S/C24H20N2O4S/c1-4-29-16-7-5-6-15(11-16)20-19-21(27)17-10-13(2)8-9-18(17)30-22(19)23(28)26(20)24-25-14(3)12-31-24/h5-12,20H,4H2,1-3H3/t20-/m1/s1. The van der Waals surface area contributed by atoms with Crippen molar-refractivity contribution in [1.29, 1.82) is 0 Å². The molecule has 0 unspecified atom stereocenters. The first kappa shape index (κ1) is 19.5. The topological polar surface area (TPSA) is 72.6 Å². The van der Waals surface area contributed by atoms with Crippen LogP contribution in [0, 0.1) is 13.8 Å². The van der Waals surface area contributed by atoms with E-state index in [9.17, 15) is 9.59 Å². The number of aryl methyl sites for hydroxylation is 2. The Morgan fingerprint density at radius 1 is 1.16 bits per heavy atom. The highest BCUT2D eigenvalue weighted by atomic mass is 32.1. The summed E-state index contributed by atoms with van der Waals surface area (Å²) in [6, 6.07) is 12.2. The predicted octanol–water partition coefficient (Wildman–Crippen LogP) is 5.01. The fourth-order valence-corrected chi connectivity index (χ4v) is 4.82. The minimum absolute atomic E-state index is 0.0704. The van der Waals surface area contributed by atoms with Crippen LogP contribution in [0.15, 0.2) is 57.1 Å². The summed E-state index contributed by atoms with van der Waals surface area (Å²) < 4.78 is 11.7. The molecule has 0 saturated heterocycles. The molecule has 6 nitrogen and oxygen atoms in total. The number of ether oxygens (including phenoxy) is 1. The lowest BCUT2D eigenvalue weighted by Crippen LogP contribution is -2.29. The van der Waals surface area contributed by atoms with Crippen LogP contribution in [0.4, 0.5) is 5.13 Å². The molecule has 1 atom stereocenters. The average Bonchev–Trinajstić information content (AvgIpc) is 3.30. The Morgan fingerprint density at radius 3 is 2.74 bits per heavy atom. The van der Waals surface area contributed by atoms with Crippen molar-refractivity contribution in [3.63, 3.8) is 0 Å². The Morgan fingerprint density at radius 2 is 2.00 bits per heavy atom. The molecule has 0 N–H and O–H groups in total. The summed E-state index contributed by atoms with van der Waals surface area (Å²) in [6.07, 6.45) is 0. The molecule has 0 aliphatic carbocycles. The van der Waals surface area contributed by atoms with E-state index in [0.29, 0.717) is 34.0 Å². The number of thiazole rings is 1. The van der Waals surface area contributed by atoms with Crippen LogP contribution in [0.25, 0.3) is 11.0 Å². The summed E-state index contributed by atoms with van der Waals surface area (Å²) in [5, 5.41) is 2.88. The molecule has 5 rings (SSSR count). The van der Waals surface area contributed by atoms with Crippen LogP contribution in [0.5, 0.6) is 5.75 Å². The van der Waals surface area contributed by atoms with Crippen LogP contribution in [-0.2, 0) is 0 Å². The van der Waals surface area contributed by atoms with Gasteiger partial charge in [0.25, 0.3) is 5.91 Å². The van der Waals surface area contributed by atoms with Gasteiger partial charge < -0.3 is 9.15 Å². The summed E-state index contributed by atoms with van der Waals surface area (Å²) in [5.41, 5.74) is 3.07. The minimum atomic E-state index is -0.644. The van der Waals surface area contributed by atoms with Crippen molar-refractivity contribution in [1.82, 2.24) is 4.98 Å². The van der Waals surface area contributed by atoms with Crippen LogP contribution in [0.3, 0.4) is 0 Å². The molecule has 2 aromatic heterocycles. The Labute approximate surface area is 182 Å². The molecule has 31 heavy (non-hydrogen) atoms. The van der Waals surface area contributed by atoms with Crippen LogP contribution in [0.2, 0.25) is 0 Å². The van der Waals surface area contributed by atoms with Gasteiger partial charge in [0.05, 0.1) is 29.3 Å². The summed E-state index contributed by atoms with van der Waals surface area (Å²) in [7, 11) is 0. The highest BCUT2D eigenvalue weighted by Crippen LogP contribution is 2.42. The van der Waals surface area contributed by atoms with E-state index in [1.165, 1.54) is 11.3 Å². The van der Waals surface area contributed by atoms with E-state index < -0.39 is 6.04 Å². The number of anilines is 1. The molecule has 3 heterocycles. The molecule has 7 heteroatoms. The van der Waals surface area contributed by atoms with Gasteiger partial charge in [-0.25, -0.2) is 4.98 Å². The van der Waals surface area contributed by atoms with Crippen molar-refractivity contribution in [2.75, 3.05) is 11.5 Å². The quantitative estimate of drug-likeness (QED) is 0.453. The van der Waals surface area contributed by atoms with Crippen molar-refractivity contribution in [3.8, 4) is 5.75 Å². The van der Waals surface area contributed by atoms with Gasteiger partial charge >= 0.3 is 0 Å². The maximum Gasteiger partial charge on any atom is 0.297 e. The van der Waals surface area contributed by atoms with E-state index in [-0.39, 0.29) is 17.1 Å². The van der Waals surface area contributed by atoms with Gasteiger partial charge in [0.2, 0.25) is 5.76 Å². The van der Waals surface area contributed by atoms with Crippen LogP contribution in [0.1, 0.15) is 45.9 Å². The van der Waals surface area contributed by atoms with E-state index in [2.05, 4.69) is 4.98 Å². The first-order valence-electron chi connectivity index (χ1n) is 10.0. The fraction of sp³-hybridized carbons (Fsp3) is 0.208. The number of hydrogen-bond donors (Lipinski definition) is 0. The fourth-order valence-electron chi connectivity index (χ4n) is 3.99. The van der Waals surface area contributed by atoms with Crippen molar-refractivity contribution < 1.29 is 13.9 Å². The third kappa shape index (κ3) is 3.13. The molecule has 1 amide bonds. The van der Waals surface area contributed by atoms with Crippen LogP contribution in [-0.4, -0.2) is 17.5 Å². The molecular weight excluding hydrogens is 412 g/mol. The maximum absolute atomic E-state index is 13.6. The highest BCUT2D eigenvalue weighted by molar-refractivity contribution is 7.14. The van der Waals surface area contributed by atoms with Gasteiger partial charge in [0, 0.05) is 5.38 Å². The second-order valence-electron chi connectivity index (χ2n) is 7.53. The van der Waals surface area contributed by atoms with E-state index >= 15 is 0 Å². The molecule has 4 aromatic rings. The minimum Gasteiger partial charge on any atom is -0.494 e. The number of rotatable bonds is 4. The lowest BCUT2D eigenvalue weighted by Gasteiger charge is -2.23. The molecule has 0 saturated carbocycles. The van der Waals surface area contributed by atoms with Crippen molar-refractivity contribution >= 4 is 33.3 Å². The third-order valence-corrected chi connectivity index (χ3v) is 6.28. The van der Waals surface area contributed by atoms with Gasteiger partial charge in [-0.15, -0.1) is 11.3 Å². The SMILES string of the molecule is CCOc1cccc([C@@H]2c3c(oc4ccc(C)cc4c3=O)C(=O)N2c2nc(C)cs2)c1. The van der Waals surface area contributed by atoms with Gasteiger partial charge in [0.15, 0.2) is 10.6 Å². The number of hydrogen-bond acceptors (Lipinski definition) is 6. The van der Waals surface area contributed by atoms with Gasteiger partial charge in [-0.3, -0.25) is 14.5 Å². The van der Waals surface area contributed by atoms with Crippen LogP contribution < -0.4 is 15.1 Å². The third-order valence-electron chi connectivity index (χ3n) is 5.32. The largest absolute Gasteiger partial charge is 0.494 e. The molecule has 1 aliphatic heterocycles. The zero-order chi connectivity index (χ0) is 21.7. The zero-order valence-electron chi connectivity index (χ0n) is 17.3. The normalized spacial score (nSPS) is 15.5. The molecule has 0 bridgehead atoms. The van der Waals surface area contributed by atoms with Crippen LogP contribution >= 0.6 is 11.3 Å². The summed E-state index contributed by atoms with van der Waals surface area (Å²) in [5.74, 6) is 0.383. The second kappa shape index (κ2) is 7.35. The smallest absolute Gasteiger partial charge is 0.297 e. The molecule has 1 aliphatic rings. The van der Waals surface area contributed by atoms with E-state index in [1.54, 1.807) is 17.0 Å². The average molecular weight is 433 g/mol. The number of benzene rings is 2. The molecule has 2 aromatic carbocycles. The lowest BCUT2D eigenvalue weighted by molar-refractivity contribution is 0.0971. The number of carbonyl (C=O) groups is 1. The molecular formula is C24H20N2O4S. The van der Waals surface area contributed by atoms with E-state index in [4.69, 9.17) is 9.15 Å². The van der Waals surface area contributed by atoms with E-state index in [0.717, 1.165) is 16.8 Å². The van der Waals surface area contributed by atoms with E-state index in [1.807, 2.05) is 56.5 Å². The number of nitrogens with zero attached hydrogens (tertiary/aromatic N) is 2. The zero-order valence-corrected chi connectivity index (χ0v) is 18.2. The number of fused-ring (bicyclic) bond motifs is 2. The number of amides is 1. The Bertz CT molecular complexity index is 1390. The lowest BCUT2D eigenvalue weighted by atomic mass is 9.98. The monoisotopic (exact) mass is 432 g/mol. The van der Waals surface area contributed by atoms with Gasteiger partial charge in [0.1, 0.15) is 11.3 Å². The Balaban J connectivity index is 1.80. The highest BCUT2D eigenvalue weighted by Gasteiger charge is 2.45. The summed E-state index contributed by atoms with van der Waals surface area (Å²) in [4.78, 5) is 33.2. The van der Waals surface area contributed by atoms with Crippen molar-refractivity contribution in [3.05, 3.63) is 86.2 Å². The van der Waals surface area contributed by atoms with Crippen molar-refractivity contribution in [2.24, 2.45) is 0 Å². The van der Waals surface area contributed by atoms with Gasteiger partial charge in [-0.2, -0.15) is 0 Å². The van der Waals surface area contributed by atoms with Gasteiger partial charge in [-0.05, 0) is 50.6 Å². The second-order valence-corrected chi connectivity index (χ2v) is 8.36. The first-order chi connectivity index (χ1) is 15.0. The molecule has 0 fully saturated rings. The Kier molecular flexibility index (Phi) is 4.63. The van der Waals surface area contributed by atoms with Gasteiger partial charge in [-0.1, -0.05) is 23.8 Å². The maximum atomic E-state index is 13.6. The molecule has 156 valence electrons. The first-order valence-corrected chi connectivity index (χ1v) is 10.9.